The summed E-state index contributed by atoms with van der Waals surface area (Å²) < 4.78 is 11.4. The van der Waals surface area contributed by atoms with E-state index in [1.54, 1.807) is 0 Å². The number of amides is 2. The molecule has 0 aliphatic heterocycles. The molecule has 2 aliphatic carbocycles. The van der Waals surface area contributed by atoms with Crippen molar-refractivity contribution in [3.05, 3.63) is 119 Å². The van der Waals surface area contributed by atoms with E-state index in [0.29, 0.717) is 6.42 Å². The third kappa shape index (κ3) is 5.31. The maximum atomic E-state index is 13.2. The molecule has 0 spiro atoms. The van der Waals surface area contributed by atoms with Crippen LogP contribution in [0, 0.1) is 0 Å². The Hall–Kier alpha value is -5.11. The number of aliphatic carboxylic acids is 1. The molecule has 212 valence electrons. The molecule has 6 rings (SSSR count). The van der Waals surface area contributed by atoms with Gasteiger partial charge in [0.15, 0.2) is 6.10 Å². The van der Waals surface area contributed by atoms with E-state index in [1.165, 1.54) is 0 Å². The molecule has 2 N–H and O–H groups in total. The smallest absolute Gasteiger partial charge is 0.411 e. The molecule has 8 nitrogen and oxygen atoms in total. The van der Waals surface area contributed by atoms with Crippen LogP contribution in [0.25, 0.3) is 22.3 Å². The molecule has 2 amide bonds. The predicted molar refractivity (Wildman–Crippen MR) is 157 cm³/mol. The van der Waals surface area contributed by atoms with Gasteiger partial charge in [-0.1, -0.05) is 97.1 Å². The van der Waals surface area contributed by atoms with Crippen LogP contribution in [-0.2, 0) is 14.3 Å². The second-order valence-corrected chi connectivity index (χ2v) is 10.4. The summed E-state index contributed by atoms with van der Waals surface area (Å²) in [6, 6.07) is 31.6. The van der Waals surface area contributed by atoms with E-state index in [4.69, 9.17) is 9.47 Å². The first-order valence-corrected chi connectivity index (χ1v) is 14.0. The van der Waals surface area contributed by atoms with Crippen LogP contribution in [0.3, 0.4) is 0 Å². The van der Waals surface area contributed by atoms with Gasteiger partial charge < -0.3 is 19.9 Å². The Morgan fingerprint density at radius 3 is 1.71 bits per heavy atom. The number of rotatable bonds is 9. The quantitative estimate of drug-likeness (QED) is 0.235. The molecule has 42 heavy (non-hydrogen) atoms. The van der Waals surface area contributed by atoms with Gasteiger partial charge in [-0.15, -0.1) is 0 Å². The Kier molecular flexibility index (Phi) is 7.60. The van der Waals surface area contributed by atoms with Crippen molar-refractivity contribution in [3.63, 3.8) is 0 Å². The monoisotopic (exact) mass is 562 g/mol. The molecule has 0 bridgehead atoms. The van der Waals surface area contributed by atoms with Crippen LogP contribution in [0.2, 0.25) is 0 Å². The van der Waals surface area contributed by atoms with Crippen LogP contribution >= 0.6 is 0 Å². The van der Waals surface area contributed by atoms with Gasteiger partial charge in [-0.2, -0.15) is 0 Å². The fraction of sp³-hybridized carbons (Fsp3) is 0.206. The van der Waals surface area contributed by atoms with E-state index in [-0.39, 0.29) is 25.6 Å². The first-order chi connectivity index (χ1) is 20.5. The van der Waals surface area contributed by atoms with Crippen LogP contribution in [0.4, 0.5) is 9.59 Å². The minimum Gasteiger partial charge on any atom is -0.480 e. The number of carboxylic acid groups (broad SMARTS) is 1. The summed E-state index contributed by atoms with van der Waals surface area (Å²) in [7, 11) is 0. The largest absolute Gasteiger partial charge is 0.480 e. The number of benzene rings is 4. The van der Waals surface area contributed by atoms with Crippen molar-refractivity contribution in [3.8, 4) is 22.3 Å². The molecule has 0 radical (unpaired) electrons. The van der Waals surface area contributed by atoms with Crippen LogP contribution < -0.4 is 5.32 Å². The summed E-state index contributed by atoms with van der Waals surface area (Å²) in [5, 5.41) is 12.1. The third-order valence-corrected chi connectivity index (χ3v) is 7.80. The highest BCUT2D eigenvalue weighted by atomic mass is 16.6. The lowest BCUT2D eigenvalue weighted by molar-refractivity contribution is -0.138. The van der Waals surface area contributed by atoms with Crippen molar-refractivity contribution in [1.29, 1.82) is 0 Å². The van der Waals surface area contributed by atoms with Gasteiger partial charge in [0.1, 0.15) is 13.2 Å². The number of hydrogen-bond acceptors (Lipinski definition) is 5. The number of carbonyl (C=O) groups excluding carboxylic acids is 2. The molecule has 0 fully saturated rings. The van der Waals surface area contributed by atoms with Gasteiger partial charge in [-0.3, -0.25) is 9.69 Å². The lowest BCUT2D eigenvalue weighted by Gasteiger charge is -2.23. The third-order valence-electron chi connectivity index (χ3n) is 7.80. The van der Waals surface area contributed by atoms with E-state index in [9.17, 15) is 19.5 Å². The molecular formula is C34H30N2O6. The highest BCUT2D eigenvalue weighted by Crippen LogP contribution is 2.46. The average Bonchev–Trinajstić information content (AvgIpc) is 3.50. The lowest BCUT2D eigenvalue weighted by atomic mass is 9.98. The number of alkyl carbamates (subject to hydrolysis) is 1. The zero-order valence-electron chi connectivity index (χ0n) is 22.9. The molecule has 0 aromatic heterocycles. The lowest BCUT2D eigenvalue weighted by Crippen LogP contribution is -2.39. The van der Waals surface area contributed by atoms with Gasteiger partial charge in [0.05, 0.1) is 0 Å². The van der Waals surface area contributed by atoms with Crippen molar-refractivity contribution >= 4 is 18.2 Å². The van der Waals surface area contributed by atoms with Gasteiger partial charge in [-0.25, -0.2) is 9.59 Å². The van der Waals surface area contributed by atoms with Crippen molar-refractivity contribution in [2.24, 2.45) is 0 Å². The van der Waals surface area contributed by atoms with Crippen molar-refractivity contribution in [2.45, 2.75) is 18.4 Å². The van der Waals surface area contributed by atoms with Gasteiger partial charge >= 0.3 is 18.2 Å². The highest BCUT2D eigenvalue weighted by Gasteiger charge is 2.33. The van der Waals surface area contributed by atoms with Crippen LogP contribution in [-0.4, -0.2) is 54.4 Å². The number of carbonyl (C=O) groups is 3. The number of carboxylic acids is 1. The molecule has 0 heterocycles. The maximum absolute atomic E-state index is 13.2. The zero-order valence-corrected chi connectivity index (χ0v) is 22.9. The summed E-state index contributed by atoms with van der Waals surface area (Å²) in [6.07, 6.45) is -1.59. The van der Waals surface area contributed by atoms with Crippen LogP contribution in [0.1, 0.15) is 40.7 Å². The zero-order chi connectivity index (χ0) is 29.1. The van der Waals surface area contributed by atoms with E-state index in [2.05, 4.69) is 29.6 Å². The van der Waals surface area contributed by atoms with Crippen molar-refractivity contribution < 1.29 is 29.0 Å². The minimum absolute atomic E-state index is 0.0465. The van der Waals surface area contributed by atoms with Gasteiger partial charge in [0, 0.05) is 30.1 Å². The summed E-state index contributed by atoms with van der Waals surface area (Å²) >= 11 is 0. The Bertz CT molecular complexity index is 1560. The number of ether oxygens (including phenoxy) is 2. The summed E-state index contributed by atoms with van der Waals surface area (Å²) in [6.45, 7) is -0.0264. The fourth-order valence-electron chi connectivity index (χ4n) is 5.92. The average molecular weight is 563 g/mol. The molecule has 8 heteroatoms. The van der Waals surface area contributed by atoms with E-state index in [0.717, 1.165) is 49.4 Å². The summed E-state index contributed by atoms with van der Waals surface area (Å²) in [4.78, 5) is 38.4. The molecule has 4 aromatic rings. The van der Waals surface area contributed by atoms with Crippen molar-refractivity contribution in [2.75, 3.05) is 26.2 Å². The van der Waals surface area contributed by atoms with Gasteiger partial charge in [0.2, 0.25) is 0 Å². The Balaban J connectivity index is 1.03. The highest BCUT2D eigenvalue weighted by molar-refractivity contribution is 5.81. The molecule has 0 unspecified atom stereocenters. The van der Waals surface area contributed by atoms with Gasteiger partial charge in [-0.05, 0) is 39.8 Å². The number of nitrogens with one attached hydrogen (secondary N) is 1. The minimum atomic E-state index is -1.15. The van der Waals surface area contributed by atoms with E-state index in [1.807, 2.05) is 72.8 Å². The predicted octanol–water partition coefficient (Wildman–Crippen LogP) is 6.21. The first kappa shape index (κ1) is 27.1. The number of hydrogen-bond donors (Lipinski definition) is 2. The maximum Gasteiger partial charge on any atom is 0.411 e. The van der Waals surface area contributed by atoms with E-state index < -0.39 is 30.8 Å². The molecule has 0 saturated carbocycles. The fourth-order valence-corrected chi connectivity index (χ4v) is 5.92. The van der Waals surface area contributed by atoms with E-state index >= 15 is 0 Å². The SMILES string of the molecule is O=C(O)CN(CCCNC(=O)OCC1c2ccccc2-c2ccccc21)C(=O)OC1c2ccccc2-c2ccccc21. The Morgan fingerprint density at radius 2 is 1.19 bits per heavy atom. The summed E-state index contributed by atoms with van der Waals surface area (Å²) in [5.41, 5.74) is 8.25. The van der Waals surface area contributed by atoms with Crippen LogP contribution in [0.15, 0.2) is 97.1 Å². The van der Waals surface area contributed by atoms with Crippen molar-refractivity contribution in [1.82, 2.24) is 10.2 Å². The first-order valence-electron chi connectivity index (χ1n) is 14.0. The standard InChI is InChI=1S/C34H30N2O6/c37-31(38)20-36(34(40)42-32-28-16-7-5-12-24(28)25-13-6-8-17-29(25)32)19-9-18-35-33(39)41-21-30-26-14-3-1-10-22(26)23-11-2-4-15-27(23)30/h1-8,10-17,30,32H,9,18-21H2,(H,35,39)(H,37,38). The Morgan fingerprint density at radius 1 is 0.714 bits per heavy atom. The molecule has 2 aliphatic rings. The van der Waals surface area contributed by atoms with Gasteiger partial charge in [0.25, 0.3) is 0 Å². The Labute approximate surface area is 243 Å². The summed E-state index contributed by atoms with van der Waals surface area (Å²) in [5.74, 6) is -1.20. The number of fused-ring (bicyclic) bond motifs is 6. The second kappa shape index (κ2) is 11.8. The van der Waals surface area contributed by atoms with Crippen LogP contribution in [0.5, 0.6) is 0 Å². The normalized spacial score (nSPS) is 13.0. The topological polar surface area (TPSA) is 105 Å². The molecular weight excluding hydrogens is 532 g/mol. The molecule has 0 atom stereocenters. The molecule has 4 aromatic carbocycles. The second-order valence-electron chi connectivity index (χ2n) is 10.4. The number of nitrogens with zero attached hydrogens (tertiary/aromatic N) is 1. The molecule has 0 saturated heterocycles.